The molecule has 29 heavy (non-hydrogen) atoms. The van der Waals surface area contributed by atoms with Gasteiger partial charge in [0.2, 0.25) is 0 Å². The lowest BCUT2D eigenvalue weighted by molar-refractivity contribution is -0.137. The number of benzene rings is 2. The van der Waals surface area contributed by atoms with Crippen molar-refractivity contribution in [3.05, 3.63) is 53.9 Å². The Hall–Kier alpha value is -2.63. The van der Waals surface area contributed by atoms with E-state index in [1.54, 1.807) is 0 Å². The summed E-state index contributed by atoms with van der Waals surface area (Å²) >= 11 is 0. The number of alkyl halides is 3. The molecule has 5 rings (SSSR count). The fourth-order valence-electron chi connectivity index (χ4n) is 4.98. The fourth-order valence-corrected chi connectivity index (χ4v) is 4.98. The summed E-state index contributed by atoms with van der Waals surface area (Å²) in [6.45, 7) is 1.88. The number of aromatic nitrogens is 2. The zero-order valence-electron chi connectivity index (χ0n) is 16.1. The number of aryl methyl sites for hydroxylation is 1. The van der Waals surface area contributed by atoms with Gasteiger partial charge in [-0.25, -0.2) is 9.97 Å². The highest BCUT2D eigenvalue weighted by molar-refractivity contribution is 5.92. The Bertz CT molecular complexity index is 1060. The Morgan fingerprint density at radius 1 is 0.931 bits per heavy atom. The number of halogens is 3. The summed E-state index contributed by atoms with van der Waals surface area (Å²) in [5.74, 6) is 3.09. The number of anilines is 1. The topological polar surface area (TPSA) is 37.8 Å². The molecule has 3 atom stereocenters. The van der Waals surface area contributed by atoms with Gasteiger partial charge in [0.15, 0.2) is 0 Å². The SMILES string of the molecule is Cc1nc(N[C@@H]2C[C@H]3CC[C@@H]2C3)c2cc(-c3ccc(C(F)(F)F)cc3)ccc2n1. The van der Waals surface area contributed by atoms with Gasteiger partial charge in [-0.3, -0.25) is 0 Å². The number of rotatable bonds is 3. The van der Waals surface area contributed by atoms with Crippen LogP contribution in [0.25, 0.3) is 22.0 Å². The second kappa shape index (κ2) is 6.71. The monoisotopic (exact) mass is 397 g/mol. The van der Waals surface area contributed by atoms with Crippen LogP contribution in [0, 0.1) is 18.8 Å². The maximum Gasteiger partial charge on any atom is 0.416 e. The van der Waals surface area contributed by atoms with Gasteiger partial charge in [-0.15, -0.1) is 0 Å². The molecule has 150 valence electrons. The molecule has 0 aliphatic heterocycles. The minimum atomic E-state index is -4.33. The van der Waals surface area contributed by atoms with Crippen LogP contribution < -0.4 is 5.32 Å². The number of nitrogens with one attached hydrogen (secondary N) is 1. The van der Waals surface area contributed by atoms with Gasteiger partial charge in [0, 0.05) is 11.4 Å². The maximum atomic E-state index is 12.9. The highest BCUT2D eigenvalue weighted by atomic mass is 19.4. The molecular weight excluding hydrogens is 375 g/mol. The summed E-state index contributed by atoms with van der Waals surface area (Å²) in [6.07, 6.45) is 0.779. The van der Waals surface area contributed by atoms with Crippen molar-refractivity contribution in [2.45, 2.75) is 44.8 Å². The lowest BCUT2D eigenvalue weighted by Crippen LogP contribution is -2.26. The van der Waals surface area contributed by atoms with Crippen LogP contribution in [-0.2, 0) is 6.18 Å². The van der Waals surface area contributed by atoms with E-state index in [2.05, 4.69) is 15.3 Å². The minimum Gasteiger partial charge on any atom is -0.366 e. The average Bonchev–Trinajstić information content (AvgIpc) is 3.30. The van der Waals surface area contributed by atoms with Crippen LogP contribution >= 0.6 is 0 Å². The predicted octanol–water partition coefficient (Wildman–Crippen LogP) is 6.22. The van der Waals surface area contributed by atoms with Gasteiger partial charge in [0.05, 0.1) is 11.1 Å². The molecule has 1 aromatic heterocycles. The quantitative estimate of drug-likeness (QED) is 0.570. The third-order valence-electron chi connectivity index (χ3n) is 6.41. The first kappa shape index (κ1) is 18.4. The number of nitrogens with zero attached hydrogens (tertiary/aromatic N) is 2. The second-order valence-electron chi connectivity index (χ2n) is 8.35. The van der Waals surface area contributed by atoms with E-state index < -0.39 is 11.7 Å². The smallest absolute Gasteiger partial charge is 0.366 e. The molecule has 0 unspecified atom stereocenters. The molecule has 0 amide bonds. The summed E-state index contributed by atoms with van der Waals surface area (Å²) in [4.78, 5) is 9.20. The first-order chi connectivity index (χ1) is 13.9. The van der Waals surface area contributed by atoms with Crippen molar-refractivity contribution in [3.8, 4) is 11.1 Å². The van der Waals surface area contributed by atoms with Gasteiger partial charge in [-0.05, 0) is 73.4 Å². The molecule has 3 nitrogen and oxygen atoms in total. The van der Waals surface area contributed by atoms with Gasteiger partial charge in [-0.1, -0.05) is 24.6 Å². The minimum absolute atomic E-state index is 0.445. The number of fused-ring (bicyclic) bond motifs is 3. The summed E-state index contributed by atoms with van der Waals surface area (Å²) in [5, 5.41) is 4.58. The molecule has 1 N–H and O–H groups in total. The molecule has 2 fully saturated rings. The normalized spacial score (nSPS) is 23.7. The molecule has 0 saturated heterocycles. The summed E-state index contributed by atoms with van der Waals surface area (Å²) in [7, 11) is 0. The summed E-state index contributed by atoms with van der Waals surface area (Å²) in [5.41, 5.74) is 1.81. The second-order valence-corrected chi connectivity index (χ2v) is 8.35. The van der Waals surface area contributed by atoms with E-state index in [1.165, 1.54) is 37.8 Å². The van der Waals surface area contributed by atoms with Gasteiger partial charge < -0.3 is 5.32 Å². The third kappa shape index (κ3) is 3.45. The molecule has 2 saturated carbocycles. The fraction of sp³-hybridized carbons (Fsp3) is 0.391. The van der Waals surface area contributed by atoms with Crippen molar-refractivity contribution >= 4 is 16.7 Å². The van der Waals surface area contributed by atoms with Crippen LogP contribution in [0.2, 0.25) is 0 Å². The standard InChI is InChI=1S/C23H22F3N3/c1-13-27-20-9-6-16(15-4-7-18(8-5-15)23(24,25)26)12-19(20)22(28-13)29-21-11-14-2-3-17(21)10-14/h4-9,12,14,17,21H,2-3,10-11H2,1H3,(H,27,28,29)/t14-,17+,21+/m0/s1. The third-order valence-corrected chi connectivity index (χ3v) is 6.41. The zero-order valence-corrected chi connectivity index (χ0v) is 16.1. The van der Waals surface area contributed by atoms with Crippen molar-refractivity contribution in [1.29, 1.82) is 0 Å². The van der Waals surface area contributed by atoms with E-state index in [-0.39, 0.29) is 0 Å². The Kier molecular flexibility index (Phi) is 4.26. The van der Waals surface area contributed by atoms with Crippen LogP contribution in [0.5, 0.6) is 0 Å². The van der Waals surface area contributed by atoms with Crippen LogP contribution in [-0.4, -0.2) is 16.0 Å². The predicted molar refractivity (Wildman–Crippen MR) is 108 cm³/mol. The lowest BCUT2D eigenvalue weighted by atomic mass is 9.95. The molecule has 2 aliphatic rings. The molecule has 2 aliphatic carbocycles. The molecule has 6 heteroatoms. The largest absolute Gasteiger partial charge is 0.416 e. The van der Waals surface area contributed by atoms with Crippen LogP contribution in [0.4, 0.5) is 19.0 Å². The van der Waals surface area contributed by atoms with E-state index in [0.29, 0.717) is 17.8 Å². The van der Waals surface area contributed by atoms with Crippen molar-refractivity contribution in [1.82, 2.24) is 9.97 Å². The average molecular weight is 397 g/mol. The van der Waals surface area contributed by atoms with Crippen LogP contribution in [0.3, 0.4) is 0 Å². The van der Waals surface area contributed by atoms with Crippen LogP contribution in [0.1, 0.15) is 37.1 Å². The van der Waals surface area contributed by atoms with Gasteiger partial charge >= 0.3 is 6.18 Å². The molecular formula is C23H22F3N3. The van der Waals surface area contributed by atoms with E-state index in [1.807, 2.05) is 25.1 Å². The molecule has 0 spiro atoms. The summed E-state index contributed by atoms with van der Waals surface area (Å²) < 4.78 is 38.6. The van der Waals surface area contributed by atoms with Gasteiger partial charge in [-0.2, -0.15) is 13.2 Å². The van der Waals surface area contributed by atoms with Crippen molar-refractivity contribution in [2.75, 3.05) is 5.32 Å². The molecule has 1 heterocycles. The van der Waals surface area contributed by atoms with Crippen molar-refractivity contribution in [3.63, 3.8) is 0 Å². The van der Waals surface area contributed by atoms with E-state index >= 15 is 0 Å². The molecule has 3 aromatic rings. The van der Waals surface area contributed by atoms with Crippen LogP contribution in [0.15, 0.2) is 42.5 Å². The highest BCUT2D eigenvalue weighted by Crippen LogP contribution is 2.46. The Morgan fingerprint density at radius 2 is 1.69 bits per heavy atom. The maximum absolute atomic E-state index is 12.9. The highest BCUT2D eigenvalue weighted by Gasteiger charge is 2.39. The van der Waals surface area contributed by atoms with Crippen molar-refractivity contribution in [2.24, 2.45) is 11.8 Å². The molecule has 0 radical (unpaired) electrons. The number of hydrogen-bond donors (Lipinski definition) is 1. The first-order valence-corrected chi connectivity index (χ1v) is 10.1. The van der Waals surface area contributed by atoms with E-state index in [0.717, 1.165) is 45.9 Å². The van der Waals surface area contributed by atoms with Gasteiger partial charge in [0.25, 0.3) is 0 Å². The zero-order chi connectivity index (χ0) is 20.2. The Balaban J connectivity index is 1.51. The first-order valence-electron chi connectivity index (χ1n) is 10.1. The Labute approximate surface area is 167 Å². The van der Waals surface area contributed by atoms with Crippen molar-refractivity contribution < 1.29 is 13.2 Å². The Morgan fingerprint density at radius 3 is 2.34 bits per heavy atom. The molecule has 2 aromatic carbocycles. The summed E-state index contributed by atoms with van der Waals surface area (Å²) in [6, 6.07) is 11.5. The van der Waals surface area contributed by atoms with E-state index in [9.17, 15) is 13.2 Å². The number of hydrogen-bond acceptors (Lipinski definition) is 3. The van der Waals surface area contributed by atoms with E-state index in [4.69, 9.17) is 0 Å². The molecule has 2 bridgehead atoms. The lowest BCUT2D eigenvalue weighted by Gasteiger charge is -2.24. The van der Waals surface area contributed by atoms with Gasteiger partial charge in [0.1, 0.15) is 11.6 Å².